The molecule has 15 heavy (non-hydrogen) atoms. The molecule has 1 rings (SSSR count). The van der Waals surface area contributed by atoms with E-state index in [1.54, 1.807) is 0 Å². The summed E-state index contributed by atoms with van der Waals surface area (Å²) in [5.41, 5.74) is -0.555. The van der Waals surface area contributed by atoms with Gasteiger partial charge < -0.3 is 10.2 Å². The third-order valence-corrected chi connectivity index (χ3v) is 4.17. The van der Waals surface area contributed by atoms with E-state index in [1.165, 1.54) is 0 Å². The Bertz CT molecular complexity index is 213. The lowest BCUT2D eigenvalue weighted by Gasteiger charge is -2.39. The molecule has 3 heteroatoms. The summed E-state index contributed by atoms with van der Waals surface area (Å²) in [6.07, 6.45) is 4.42. The molecular weight excluding hydrogens is 192 g/mol. The van der Waals surface area contributed by atoms with Crippen LogP contribution in [-0.4, -0.2) is 22.3 Å². The smallest absolute Gasteiger partial charge is 0.309 e. The molecule has 1 aliphatic rings. The summed E-state index contributed by atoms with van der Waals surface area (Å²) in [6.45, 7) is 3.92. The van der Waals surface area contributed by atoms with Crippen LogP contribution in [0.25, 0.3) is 0 Å². The van der Waals surface area contributed by atoms with Crippen LogP contribution in [0.2, 0.25) is 0 Å². The Kier molecular flexibility index (Phi) is 4.14. The standard InChI is InChI=1S/C12H22O3/c1-3-12(4-2,11(14)15)9-5-7-10(13)8-6-9/h9-10,13H,3-8H2,1-2H3,(H,14,15). The largest absolute Gasteiger partial charge is 0.481 e. The predicted octanol–water partition coefficient (Wildman–Crippen LogP) is 2.43. The van der Waals surface area contributed by atoms with Gasteiger partial charge in [-0.3, -0.25) is 4.79 Å². The second-order valence-corrected chi connectivity index (χ2v) is 4.67. The molecule has 0 amide bonds. The number of aliphatic hydroxyl groups excluding tert-OH is 1. The zero-order chi connectivity index (χ0) is 11.5. The van der Waals surface area contributed by atoms with Gasteiger partial charge in [0.1, 0.15) is 0 Å². The van der Waals surface area contributed by atoms with E-state index in [9.17, 15) is 15.0 Å². The lowest BCUT2D eigenvalue weighted by molar-refractivity contribution is -0.155. The monoisotopic (exact) mass is 214 g/mol. The van der Waals surface area contributed by atoms with Gasteiger partial charge in [-0.15, -0.1) is 0 Å². The van der Waals surface area contributed by atoms with Crippen LogP contribution in [0.5, 0.6) is 0 Å². The van der Waals surface area contributed by atoms with Crippen molar-refractivity contribution in [2.24, 2.45) is 11.3 Å². The van der Waals surface area contributed by atoms with Gasteiger partial charge >= 0.3 is 5.97 Å². The molecule has 88 valence electrons. The summed E-state index contributed by atoms with van der Waals surface area (Å²) in [4.78, 5) is 11.4. The molecule has 0 aromatic rings. The number of hydrogen-bond acceptors (Lipinski definition) is 2. The Hall–Kier alpha value is -0.570. The first-order valence-corrected chi connectivity index (χ1v) is 5.98. The van der Waals surface area contributed by atoms with Crippen molar-refractivity contribution in [2.45, 2.75) is 58.5 Å². The summed E-state index contributed by atoms with van der Waals surface area (Å²) in [6, 6.07) is 0. The Morgan fingerprint density at radius 2 is 1.67 bits per heavy atom. The highest BCUT2D eigenvalue weighted by atomic mass is 16.4. The van der Waals surface area contributed by atoms with E-state index < -0.39 is 11.4 Å². The zero-order valence-corrected chi connectivity index (χ0v) is 9.70. The van der Waals surface area contributed by atoms with Crippen molar-refractivity contribution in [3.63, 3.8) is 0 Å². The van der Waals surface area contributed by atoms with Crippen LogP contribution < -0.4 is 0 Å². The van der Waals surface area contributed by atoms with Crippen LogP contribution in [0.3, 0.4) is 0 Å². The molecule has 2 N–H and O–H groups in total. The fourth-order valence-corrected chi connectivity index (χ4v) is 2.93. The third-order valence-electron chi connectivity index (χ3n) is 4.17. The number of carboxylic acids is 1. The summed E-state index contributed by atoms with van der Waals surface area (Å²) >= 11 is 0. The van der Waals surface area contributed by atoms with Gasteiger partial charge in [0.05, 0.1) is 11.5 Å². The minimum Gasteiger partial charge on any atom is -0.481 e. The van der Waals surface area contributed by atoms with Crippen LogP contribution in [0.15, 0.2) is 0 Å². The maximum absolute atomic E-state index is 11.4. The number of carbonyl (C=O) groups is 1. The van der Waals surface area contributed by atoms with E-state index in [1.807, 2.05) is 13.8 Å². The molecule has 1 fully saturated rings. The van der Waals surface area contributed by atoms with Crippen LogP contribution in [0.1, 0.15) is 52.4 Å². The quantitative estimate of drug-likeness (QED) is 0.755. The van der Waals surface area contributed by atoms with Crippen molar-refractivity contribution < 1.29 is 15.0 Å². The predicted molar refractivity (Wildman–Crippen MR) is 58.6 cm³/mol. The van der Waals surface area contributed by atoms with Crippen molar-refractivity contribution in [2.75, 3.05) is 0 Å². The molecule has 0 bridgehead atoms. The normalized spacial score (nSPS) is 27.7. The maximum atomic E-state index is 11.4. The van der Waals surface area contributed by atoms with Gasteiger partial charge in [0.2, 0.25) is 0 Å². The number of rotatable bonds is 4. The van der Waals surface area contributed by atoms with Gasteiger partial charge in [-0.2, -0.15) is 0 Å². The average Bonchev–Trinajstić information content (AvgIpc) is 2.22. The molecule has 0 spiro atoms. The average molecular weight is 214 g/mol. The first kappa shape index (κ1) is 12.5. The lowest BCUT2D eigenvalue weighted by Crippen LogP contribution is -2.40. The second-order valence-electron chi connectivity index (χ2n) is 4.67. The third kappa shape index (κ3) is 2.33. The van der Waals surface area contributed by atoms with E-state index in [-0.39, 0.29) is 12.0 Å². The number of hydrogen-bond donors (Lipinski definition) is 2. The Morgan fingerprint density at radius 1 is 1.20 bits per heavy atom. The Labute approximate surface area is 91.5 Å². The van der Waals surface area contributed by atoms with Crippen LogP contribution >= 0.6 is 0 Å². The van der Waals surface area contributed by atoms with E-state index >= 15 is 0 Å². The van der Waals surface area contributed by atoms with Crippen LogP contribution in [-0.2, 0) is 4.79 Å². The number of carboxylic acid groups (broad SMARTS) is 1. The highest BCUT2D eigenvalue weighted by Crippen LogP contribution is 2.43. The van der Waals surface area contributed by atoms with Crippen LogP contribution in [0.4, 0.5) is 0 Å². The molecule has 0 aliphatic heterocycles. The Morgan fingerprint density at radius 3 is 2.00 bits per heavy atom. The maximum Gasteiger partial charge on any atom is 0.309 e. The molecule has 0 saturated heterocycles. The van der Waals surface area contributed by atoms with Gasteiger partial charge in [-0.1, -0.05) is 13.8 Å². The Balaban J connectivity index is 2.76. The van der Waals surface area contributed by atoms with Crippen molar-refractivity contribution in [3.05, 3.63) is 0 Å². The molecule has 0 atom stereocenters. The first-order valence-electron chi connectivity index (χ1n) is 5.98. The van der Waals surface area contributed by atoms with E-state index in [4.69, 9.17) is 0 Å². The van der Waals surface area contributed by atoms with Crippen molar-refractivity contribution >= 4 is 5.97 Å². The number of aliphatic hydroxyl groups is 1. The lowest BCUT2D eigenvalue weighted by atomic mass is 9.65. The second kappa shape index (κ2) is 4.97. The van der Waals surface area contributed by atoms with Gasteiger partial charge in [0.15, 0.2) is 0 Å². The van der Waals surface area contributed by atoms with Gasteiger partial charge in [-0.25, -0.2) is 0 Å². The highest BCUT2D eigenvalue weighted by molar-refractivity contribution is 5.75. The molecule has 0 unspecified atom stereocenters. The molecule has 1 saturated carbocycles. The van der Waals surface area contributed by atoms with Crippen molar-refractivity contribution in [3.8, 4) is 0 Å². The fourth-order valence-electron chi connectivity index (χ4n) is 2.93. The minimum atomic E-state index is -0.658. The summed E-state index contributed by atoms with van der Waals surface area (Å²) < 4.78 is 0. The summed E-state index contributed by atoms with van der Waals surface area (Å²) in [5, 5.41) is 18.8. The van der Waals surface area contributed by atoms with Crippen LogP contribution in [0, 0.1) is 11.3 Å². The van der Waals surface area contributed by atoms with Gasteiger partial charge in [0, 0.05) is 0 Å². The molecular formula is C12H22O3. The SMILES string of the molecule is CCC(CC)(C(=O)O)C1CCC(O)CC1. The molecule has 0 radical (unpaired) electrons. The molecule has 0 heterocycles. The molecule has 0 aromatic heterocycles. The first-order chi connectivity index (χ1) is 7.06. The highest BCUT2D eigenvalue weighted by Gasteiger charge is 2.43. The van der Waals surface area contributed by atoms with E-state index in [0.717, 1.165) is 25.7 Å². The molecule has 0 aromatic carbocycles. The fraction of sp³-hybridized carbons (Fsp3) is 0.917. The number of aliphatic carboxylic acids is 1. The van der Waals surface area contributed by atoms with Crippen molar-refractivity contribution in [1.82, 2.24) is 0 Å². The van der Waals surface area contributed by atoms with E-state index in [0.29, 0.717) is 12.8 Å². The van der Waals surface area contributed by atoms with Gasteiger partial charge in [0.25, 0.3) is 0 Å². The zero-order valence-electron chi connectivity index (χ0n) is 9.70. The molecule has 3 nitrogen and oxygen atoms in total. The minimum absolute atomic E-state index is 0.207. The summed E-state index contributed by atoms with van der Waals surface area (Å²) in [5.74, 6) is -0.415. The van der Waals surface area contributed by atoms with E-state index in [2.05, 4.69) is 0 Å². The topological polar surface area (TPSA) is 57.5 Å². The van der Waals surface area contributed by atoms with Crippen molar-refractivity contribution in [1.29, 1.82) is 0 Å². The van der Waals surface area contributed by atoms with Gasteiger partial charge in [-0.05, 0) is 44.4 Å². The molecule has 1 aliphatic carbocycles. The summed E-state index contributed by atoms with van der Waals surface area (Å²) in [7, 11) is 0.